The SMILES string of the molecule is CC1(C)c2ccccc2-c2cc3ccc4c(-c5nc(-c6ccccc6)nc(-c6cccc(-c7cccnc7)c6)n5)cccc4c3cc21. The number of fused-ring (bicyclic) bond motifs is 6. The molecule has 0 aliphatic heterocycles. The van der Waals surface area contributed by atoms with Crippen molar-refractivity contribution >= 4 is 21.5 Å². The van der Waals surface area contributed by atoms with Crippen molar-refractivity contribution in [3.05, 3.63) is 157 Å². The molecule has 4 nitrogen and oxygen atoms in total. The Labute approximate surface area is 273 Å². The van der Waals surface area contributed by atoms with Gasteiger partial charge in [0.2, 0.25) is 0 Å². The van der Waals surface area contributed by atoms with Crippen LogP contribution in [0, 0.1) is 0 Å². The van der Waals surface area contributed by atoms with E-state index in [1.54, 1.807) is 6.20 Å². The van der Waals surface area contributed by atoms with Crippen LogP contribution < -0.4 is 0 Å². The van der Waals surface area contributed by atoms with Gasteiger partial charge in [-0.2, -0.15) is 0 Å². The zero-order chi connectivity index (χ0) is 31.5. The summed E-state index contributed by atoms with van der Waals surface area (Å²) >= 11 is 0. The molecule has 4 heteroatoms. The molecule has 0 saturated carbocycles. The molecule has 222 valence electrons. The van der Waals surface area contributed by atoms with Crippen LogP contribution in [-0.4, -0.2) is 19.9 Å². The van der Waals surface area contributed by atoms with Gasteiger partial charge in [0.15, 0.2) is 17.5 Å². The van der Waals surface area contributed by atoms with E-state index >= 15 is 0 Å². The second-order valence-corrected chi connectivity index (χ2v) is 12.8. The first-order chi connectivity index (χ1) is 23.0. The van der Waals surface area contributed by atoms with E-state index < -0.39 is 0 Å². The molecule has 0 atom stereocenters. The number of aromatic nitrogens is 4. The van der Waals surface area contributed by atoms with Crippen molar-refractivity contribution in [2.24, 2.45) is 0 Å². The van der Waals surface area contributed by atoms with Crippen molar-refractivity contribution in [1.29, 1.82) is 0 Å². The summed E-state index contributed by atoms with van der Waals surface area (Å²) in [6, 6.07) is 47.0. The summed E-state index contributed by atoms with van der Waals surface area (Å²) in [5.41, 5.74) is 10.3. The van der Waals surface area contributed by atoms with E-state index in [4.69, 9.17) is 15.0 Å². The maximum atomic E-state index is 5.13. The molecule has 0 spiro atoms. The van der Waals surface area contributed by atoms with E-state index in [9.17, 15) is 0 Å². The van der Waals surface area contributed by atoms with Gasteiger partial charge in [0, 0.05) is 40.1 Å². The largest absolute Gasteiger partial charge is 0.264 e. The number of pyridine rings is 1. The summed E-state index contributed by atoms with van der Waals surface area (Å²) in [4.78, 5) is 19.5. The van der Waals surface area contributed by atoms with Crippen molar-refractivity contribution in [2.45, 2.75) is 19.3 Å². The smallest absolute Gasteiger partial charge is 0.164 e. The maximum Gasteiger partial charge on any atom is 0.164 e. The Kier molecular flexibility index (Phi) is 6.12. The highest BCUT2D eigenvalue weighted by atomic mass is 15.0. The first-order valence-corrected chi connectivity index (χ1v) is 16.0. The second kappa shape index (κ2) is 10.5. The Balaban J connectivity index is 1.24. The van der Waals surface area contributed by atoms with E-state index in [-0.39, 0.29) is 5.41 Å². The molecule has 1 aliphatic rings. The molecule has 0 bridgehead atoms. The fourth-order valence-corrected chi connectivity index (χ4v) is 7.20. The fraction of sp³-hybridized carbons (Fsp3) is 0.0698. The molecule has 0 saturated heterocycles. The van der Waals surface area contributed by atoms with Crippen LogP contribution in [0.3, 0.4) is 0 Å². The molecule has 1 aliphatic carbocycles. The molecule has 2 aromatic heterocycles. The average Bonchev–Trinajstić information content (AvgIpc) is 3.36. The Hall–Kier alpha value is -6.00. The van der Waals surface area contributed by atoms with Crippen LogP contribution in [-0.2, 0) is 5.41 Å². The number of hydrogen-bond donors (Lipinski definition) is 0. The lowest BCUT2D eigenvalue weighted by Crippen LogP contribution is -2.14. The van der Waals surface area contributed by atoms with E-state index in [2.05, 4.69) is 110 Å². The molecule has 0 N–H and O–H groups in total. The molecule has 0 radical (unpaired) electrons. The topological polar surface area (TPSA) is 51.6 Å². The van der Waals surface area contributed by atoms with Crippen LogP contribution in [0.25, 0.3) is 78.0 Å². The Morgan fingerprint density at radius 2 is 1.13 bits per heavy atom. The molecule has 0 unspecified atom stereocenters. The molecule has 2 heterocycles. The van der Waals surface area contributed by atoms with Gasteiger partial charge in [-0.1, -0.05) is 123 Å². The van der Waals surface area contributed by atoms with Crippen LogP contribution in [0.2, 0.25) is 0 Å². The van der Waals surface area contributed by atoms with E-state index in [0.717, 1.165) is 33.2 Å². The predicted octanol–water partition coefficient (Wildman–Crippen LogP) is 10.5. The van der Waals surface area contributed by atoms with Gasteiger partial charge in [-0.25, -0.2) is 15.0 Å². The average molecular weight is 603 g/mol. The lowest BCUT2D eigenvalue weighted by atomic mass is 9.81. The third-order valence-corrected chi connectivity index (χ3v) is 9.60. The summed E-state index contributed by atoms with van der Waals surface area (Å²) < 4.78 is 0. The quantitative estimate of drug-likeness (QED) is 0.188. The predicted molar refractivity (Wildman–Crippen MR) is 192 cm³/mol. The van der Waals surface area contributed by atoms with E-state index in [1.807, 2.05) is 48.7 Å². The molecular weight excluding hydrogens is 573 g/mol. The fourth-order valence-electron chi connectivity index (χ4n) is 7.20. The van der Waals surface area contributed by atoms with Gasteiger partial charge in [-0.05, 0) is 73.6 Å². The molecular formula is C43H30N4. The van der Waals surface area contributed by atoms with Gasteiger partial charge >= 0.3 is 0 Å². The van der Waals surface area contributed by atoms with Crippen LogP contribution in [0.15, 0.2) is 146 Å². The lowest BCUT2D eigenvalue weighted by Gasteiger charge is -2.22. The van der Waals surface area contributed by atoms with Crippen LogP contribution in [0.4, 0.5) is 0 Å². The Morgan fingerprint density at radius 1 is 0.426 bits per heavy atom. The van der Waals surface area contributed by atoms with Crippen molar-refractivity contribution < 1.29 is 0 Å². The minimum Gasteiger partial charge on any atom is -0.264 e. The third kappa shape index (κ3) is 4.44. The number of benzene rings is 6. The molecule has 47 heavy (non-hydrogen) atoms. The van der Waals surface area contributed by atoms with Crippen molar-refractivity contribution in [2.75, 3.05) is 0 Å². The van der Waals surface area contributed by atoms with Crippen molar-refractivity contribution in [3.63, 3.8) is 0 Å². The van der Waals surface area contributed by atoms with Gasteiger partial charge in [-0.3, -0.25) is 4.98 Å². The zero-order valence-corrected chi connectivity index (χ0v) is 26.1. The van der Waals surface area contributed by atoms with Crippen molar-refractivity contribution in [3.8, 4) is 56.4 Å². The molecule has 6 aromatic carbocycles. The second-order valence-electron chi connectivity index (χ2n) is 12.8. The van der Waals surface area contributed by atoms with Crippen LogP contribution in [0.5, 0.6) is 0 Å². The first kappa shape index (κ1) is 27.3. The first-order valence-electron chi connectivity index (χ1n) is 16.0. The number of hydrogen-bond acceptors (Lipinski definition) is 4. The monoisotopic (exact) mass is 602 g/mol. The van der Waals surface area contributed by atoms with Gasteiger partial charge in [-0.15, -0.1) is 0 Å². The minimum atomic E-state index is -0.0715. The molecule has 8 aromatic rings. The lowest BCUT2D eigenvalue weighted by molar-refractivity contribution is 0.661. The zero-order valence-electron chi connectivity index (χ0n) is 26.1. The Bertz CT molecular complexity index is 2480. The summed E-state index contributed by atoms with van der Waals surface area (Å²) in [7, 11) is 0. The highest BCUT2D eigenvalue weighted by Gasteiger charge is 2.35. The standard InChI is InChI=1S/C43H30N4/c1-43(2)38-19-7-6-16-34(38)37-24-29-20-21-33-32(36(29)25-39(37)43)17-9-18-35(33)42-46-40(27-11-4-3-5-12-27)45-41(47-42)30-14-8-13-28(23-30)31-15-10-22-44-26-31/h3-26H,1-2H3. The summed E-state index contributed by atoms with van der Waals surface area (Å²) in [6.07, 6.45) is 3.67. The highest BCUT2D eigenvalue weighted by Crippen LogP contribution is 2.50. The van der Waals surface area contributed by atoms with Crippen molar-refractivity contribution in [1.82, 2.24) is 19.9 Å². The van der Waals surface area contributed by atoms with Crippen LogP contribution in [0.1, 0.15) is 25.0 Å². The third-order valence-electron chi connectivity index (χ3n) is 9.60. The molecule has 9 rings (SSSR count). The summed E-state index contributed by atoms with van der Waals surface area (Å²) in [5, 5.41) is 4.78. The van der Waals surface area contributed by atoms with Gasteiger partial charge in [0.1, 0.15) is 0 Å². The minimum absolute atomic E-state index is 0.0715. The van der Waals surface area contributed by atoms with E-state index in [1.165, 1.54) is 38.4 Å². The van der Waals surface area contributed by atoms with Gasteiger partial charge < -0.3 is 0 Å². The maximum absolute atomic E-state index is 5.13. The van der Waals surface area contributed by atoms with Gasteiger partial charge in [0.05, 0.1) is 0 Å². The number of nitrogens with zero attached hydrogens (tertiary/aromatic N) is 4. The van der Waals surface area contributed by atoms with E-state index in [0.29, 0.717) is 17.5 Å². The summed E-state index contributed by atoms with van der Waals surface area (Å²) in [5.74, 6) is 1.93. The summed E-state index contributed by atoms with van der Waals surface area (Å²) in [6.45, 7) is 4.67. The van der Waals surface area contributed by atoms with Gasteiger partial charge in [0.25, 0.3) is 0 Å². The Morgan fingerprint density at radius 3 is 1.98 bits per heavy atom. The number of rotatable bonds is 4. The molecule has 0 amide bonds. The normalized spacial score (nSPS) is 13.1. The molecule has 0 fully saturated rings. The van der Waals surface area contributed by atoms with Crippen LogP contribution >= 0.6 is 0 Å². The highest BCUT2D eigenvalue weighted by molar-refractivity contribution is 6.13.